The maximum atomic E-state index is 5.90. The predicted molar refractivity (Wildman–Crippen MR) is 74.8 cm³/mol. The van der Waals surface area contributed by atoms with Crippen molar-refractivity contribution in [2.24, 2.45) is 0 Å². The summed E-state index contributed by atoms with van der Waals surface area (Å²) in [6, 6.07) is 7.35. The Morgan fingerprint density at radius 2 is 2.10 bits per heavy atom. The van der Waals surface area contributed by atoms with Crippen LogP contribution in [0.3, 0.4) is 0 Å². The van der Waals surface area contributed by atoms with Crippen molar-refractivity contribution in [1.29, 1.82) is 0 Å². The van der Waals surface area contributed by atoms with E-state index in [1.165, 1.54) is 0 Å². The van der Waals surface area contributed by atoms with Gasteiger partial charge in [-0.15, -0.1) is 0 Å². The average molecular weight is 275 g/mol. The molecule has 0 unspecified atom stereocenters. The highest BCUT2D eigenvalue weighted by atomic mass is 16.5. The van der Waals surface area contributed by atoms with Gasteiger partial charge in [-0.2, -0.15) is 0 Å². The van der Waals surface area contributed by atoms with Gasteiger partial charge in [-0.25, -0.2) is 0 Å². The van der Waals surface area contributed by atoms with Crippen molar-refractivity contribution >= 4 is 5.88 Å². The standard InChI is InChI=1S/C14H17N3O3/c1-17-7-10(8-17)19-12-4-3-9(5-13(12)18-2)11-6-14(15)20-16-11/h3-6,10H,7-8,15H2,1-2H3. The lowest BCUT2D eigenvalue weighted by Gasteiger charge is -2.36. The van der Waals surface area contributed by atoms with Crippen LogP contribution in [0.1, 0.15) is 0 Å². The summed E-state index contributed by atoms with van der Waals surface area (Å²) in [5, 5.41) is 3.89. The highest BCUT2D eigenvalue weighted by Crippen LogP contribution is 2.33. The Morgan fingerprint density at radius 1 is 1.30 bits per heavy atom. The normalized spacial score (nSPS) is 15.9. The molecule has 2 N–H and O–H groups in total. The van der Waals surface area contributed by atoms with E-state index in [1.54, 1.807) is 13.2 Å². The molecule has 2 heterocycles. The largest absolute Gasteiger partial charge is 0.493 e. The zero-order valence-corrected chi connectivity index (χ0v) is 11.5. The highest BCUT2D eigenvalue weighted by Gasteiger charge is 2.26. The van der Waals surface area contributed by atoms with E-state index in [0.29, 0.717) is 11.4 Å². The molecule has 106 valence electrons. The van der Waals surface area contributed by atoms with Crippen molar-refractivity contribution in [3.8, 4) is 22.8 Å². The van der Waals surface area contributed by atoms with Crippen molar-refractivity contribution < 1.29 is 14.0 Å². The number of nitrogen functional groups attached to an aromatic ring is 1. The number of ether oxygens (including phenoxy) is 2. The van der Waals surface area contributed by atoms with E-state index in [0.717, 1.165) is 24.4 Å². The number of benzene rings is 1. The van der Waals surface area contributed by atoms with Crippen LogP contribution in [0.2, 0.25) is 0 Å². The molecule has 1 fully saturated rings. The number of methoxy groups -OCH3 is 1. The molecule has 1 saturated heterocycles. The van der Waals surface area contributed by atoms with Crippen LogP contribution in [0.15, 0.2) is 28.8 Å². The highest BCUT2D eigenvalue weighted by molar-refractivity contribution is 5.65. The smallest absolute Gasteiger partial charge is 0.222 e. The summed E-state index contributed by atoms with van der Waals surface area (Å²) in [4.78, 5) is 2.20. The number of nitrogens with two attached hydrogens (primary N) is 1. The molecule has 0 amide bonds. The topological polar surface area (TPSA) is 73.8 Å². The Balaban J connectivity index is 1.82. The number of anilines is 1. The van der Waals surface area contributed by atoms with Crippen LogP contribution in [0, 0.1) is 0 Å². The molecule has 0 bridgehead atoms. The van der Waals surface area contributed by atoms with Crippen LogP contribution in [0.4, 0.5) is 5.88 Å². The first kappa shape index (κ1) is 12.8. The number of nitrogens with zero attached hydrogens (tertiary/aromatic N) is 2. The van der Waals surface area contributed by atoms with Crippen molar-refractivity contribution in [3.63, 3.8) is 0 Å². The van der Waals surface area contributed by atoms with Gasteiger partial charge < -0.3 is 19.7 Å². The molecule has 3 rings (SSSR count). The molecule has 0 spiro atoms. The van der Waals surface area contributed by atoms with E-state index >= 15 is 0 Å². The zero-order chi connectivity index (χ0) is 14.1. The molecular weight excluding hydrogens is 258 g/mol. The Bertz CT molecular complexity index is 605. The Hall–Kier alpha value is -2.21. The number of hydrogen-bond acceptors (Lipinski definition) is 6. The molecular formula is C14H17N3O3. The Kier molecular flexibility index (Phi) is 3.23. The third-order valence-electron chi connectivity index (χ3n) is 3.31. The fourth-order valence-electron chi connectivity index (χ4n) is 2.25. The van der Waals surface area contributed by atoms with Gasteiger partial charge in [-0.1, -0.05) is 5.16 Å². The molecule has 1 aliphatic heterocycles. The molecule has 0 atom stereocenters. The molecule has 6 heteroatoms. The molecule has 1 aliphatic rings. The fraction of sp³-hybridized carbons (Fsp3) is 0.357. The second-order valence-corrected chi connectivity index (χ2v) is 4.94. The van der Waals surface area contributed by atoms with E-state index in [9.17, 15) is 0 Å². The molecule has 0 saturated carbocycles. The second kappa shape index (κ2) is 5.05. The molecule has 0 aliphatic carbocycles. The molecule has 0 radical (unpaired) electrons. The van der Waals surface area contributed by atoms with E-state index in [4.69, 9.17) is 19.7 Å². The third kappa shape index (κ3) is 2.42. The van der Waals surface area contributed by atoms with Crippen LogP contribution < -0.4 is 15.2 Å². The summed E-state index contributed by atoms with van der Waals surface area (Å²) in [5.74, 6) is 1.71. The van der Waals surface area contributed by atoms with Gasteiger partial charge in [0, 0.05) is 24.7 Å². The maximum Gasteiger partial charge on any atom is 0.222 e. The van der Waals surface area contributed by atoms with Gasteiger partial charge in [0.15, 0.2) is 11.5 Å². The fourth-order valence-corrected chi connectivity index (χ4v) is 2.25. The summed E-state index contributed by atoms with van der Waals surface area (Å²) in [6.45, 7) is 1.87. The van der Waals surface area contributed by atoms with Gasteiger partial charge in [-0.05, 0) is 25.2 Å². The summed E-state index contributed by atoms with van der Waals surface area (Å²) in [5.41, 5.74) is 7.08. The van der Waals surface area contributed by atoms with Crippen LogP contribution >= 0.6 is 0 Å². The lowest BCUT2D eigenvalue weighted by atomic mass is 10.1. The van der Waals surface area contributed by atoms with E-state index in [1.807, 2.05) is 18.2 Å². The van der Waals surface area contributed by atoms with E-state index in [-0.39, 0.29) is 12.0 Å². The van der Waals surface area contributed by atoms with Crippen LogP contribution in [0.25, 0.3) is 11.3 Å². The Morgan fingerprint density at radius 3 is 2.70 bits per heavy atom. The molecule has 20 heavy (non-hydrogen) atoms. The molecule has 6 nitrogen and oxygen atoms in total. The number of likely N-dealkylation sites (tertiary alicyclic amines) is 1. The number of likely N-dealkylation sites (N-methyl/N-ethyl adjacent to an activating group) is 1. The third-order valence-corrected chi connectivity index (χ3v) is 3.31. The summed E-state index contributed by atoms with van der Waals surface area (Å²) < 4.78 is 16.2. The number of hydrogen-bond donors (Lipinski definition) is 1. The van der Waals surface area contributed by atoms with Gasteiger partial charge in [0.1, 0.15) is 11.8 Å². The summed E-state index contributed by atoms with van der Waals surface area (Å²) in [6.07, 6.45) is 0.224. The number of rotatable bonds is 4. The van der Waals surface area contributed by atoms with Gasteiger partial charge in [0.25, 0.3) is 0 Å². The molecule has 1 aromatic carbocycles. The minimum absolute atomic E-state index is 0.224. The van der Waals surface area contributed by atoms with E-state index in [2.05, 4.69) is 17.1 Å². The van der Waals surface area contributed by atoms with Gasteiger partial charge in [0.05, 0.1) is 7.11 Å². The van der Waals surface area contributed by atoms with Crippen LogP contribution in [0.5, 0.6) is 11.5 Å². The predicted octanol–water partition coefficient (Wildman–Crippen LogP) is 1.63. The zero-order valence-electron chi connectivity index (χ0n) is 11.5. The molecule has 2 aromatic rings. The van der Waals surface area contributed by atoms with Crippen molar-refractivity contribution in [2.45, 2.75) is 6.10 Å². The first-order valence-corrected chi connectivity index (χ1v) is 6.41. The lowest BCUT2D eigenvalue weighted by Crippen LogP contribution is -2.51. The first-order chi connectivity index (χ1) is 9.65. The van der Waals surface area contributed by atoms with Crippen molar-refractivity contribution in [2.75, 3.05) is 33.0 Å². The SMILES string of the molecule is COc1cc(-c2cc(N)on2)ccc1OC1CN(C)C1. The monoisotopic (exact) mass is 275 g/mol. The second-order valence-electron chi connectivity index (χ2n) is 4.94. The van der Waals surface area contributed by atoms with Gasteiger partial charge >= 0.3 is 0 Å². The van der Waals surface area contributed by atoms with Gasteiger partial charge in [0.2, 0.25) is 5.88 Å². The van der Waals surface area contributed by atoms with Crippen LogP contribution in [-0.4, -0.2) is 43.4 Å². The van der Waals surface area contributed by atoms with Crippen LogP contribution in [-0.2, 0) is 0 Å². The van der Waals surface area contributed by atoms with E-state index < -0.39 is 0 Å². The maximum absolute atomic E-state index is 5.90. The molecule has 1 aromatic heterocycles. The summed E-state index contributed by atoms with van der Waals surface area (Å²) in [7, 11) is 3.69. The quantitative estimate of drug-likeness (QED) is 0.914. The van der Waals surface area contributed by atoms with Crippen molar-refractivity contribution in [1.82, 2.24) is 10.1 Å². The lowest BCUT2D eigenvalue weighted by molar-refractivity contribution is 0.0370. The number of aromatic nitrogens is 1. The average Bonchev–Trinajstić information content (AvgIpc) is 2.84. The van der Waals surface area contributed by atoms with Gasteiger partial charge in [-0.3, -0.25) is 4.90 Å². The minimum Gasteiger partial charge on any atom is -0.493 e. The minimum atomic E-state index is 0.224. The van der Waals surface area contributed by atoms with Crippen molar-refractivity contribution in [3.05, 3.63) is 24.3 Å². The summed E-state index contributed by atoms with van der Waals surface area (Å²) >= 11 is 0. The first-order valence-electron chi connectivity index (χ1n) is 6.41. The Labute approximate surface area is 117 Å².